The molecular weight excluding hydrogens is 284 g/mol. The highest BCUT2D eigenvalue weighted by Gasteiger charge is 2.32. The van der Waals surface area contributed by atoms with Crippen LogP contribution in [-0.4, -0.2) is 64.1 Å². The van der Waals surface area contributed by atoms with Crippen LogP contribution in [0.2, 0.25) is 0 Å². The Morgan fingerprint density at radius 1 is 1.21 bits per heavy atom. The zero-order chi connectivity index (χ0) is 13.7. The number of carboxylic acid groups (broad SMARTS) is 1. The number of hydrogen-bond donors (Lipinski definition) is 2. The Morgan fingerprint density at radius 2 is 1.95 bits per heavy atom. The van der Waals surface area contributed by atoms with Crippen LogP contribution in [0.15, 0.2) is 0 Å². The number of carboxylic acids is 1. The van der Waals surface area contributed by atoms with Crippen molar-refractivity contribution in [3.63, 3.8) is 0 Å². The average molecular weight is 304 g/mol. The molecule has 108 valence electrons. The van der Waals surface area contributed by atoms with Crippen LogP contribution < -0.4 is 5.32 Å². The molecule has 2 amide bonds. The fourth-order valence-corrected chi connectivity index (χ4v) is 4.58. The van der Waals surface area contributed by atoms with E-state index >= 15 is 0 Å². The second-order valence-corrected chi connectivity index (χ2v) is 7.24. The Bertz CT molecular complexity index is 335. The van der Waals surface area contributed by atoms with E-state index in [0.717, 1.165) is 18.6 Å². The molecule has 19 heavy (non-hydrogen) atoms. The molecule has 0 spiro atoms. The topological polar surface area (TPSA) is 69.6 Å². The number of nitrogens with zero attached hydrogens (tertiary/aromatic N) is 1. The van der Waals surface area contributed by atoms with E-state index in [-0.39, 0.29) is 6.03 Å². The first-order valence-corrected chi connectivity index (χ1v) is 8.92. The molecule has 1 unspecified atom stereocenters. The summed E-state index contributed by atoms with van der Waals surface area (Å²) < 4.78 is 0. The van der Waals surface area contributed by atoms with Gasteiger partial charge in [-0.05, 0) is 30.3 Å². The summed E-state index contributed by atoms with van der Waals surface area (Å²) in [7, 11) is 0. The molecule has 2 fully saturated rings. The highest BCUT2D eigenvalue weighted by atomic mass is 32.2. The van der Waals surface area contributed by atoms with Crippen molar-refractivity contribution in [2.45, 2.75) is 18.9 Å². The average Bonchev–Trinajstić information content (AvgIpc) is 2.46. The summed E-state index contributed by atoms with van der Waals surface area (Å²) in [6, 6.07) is -0.897. The molecule has 0 aliphatic carbocycles. The Morgan fingerprint density at radius 3 is 2.63 bits per heavy atom. The van der Waals surface area contributed by atoms with Crippen molar-refractivity contribution in [2.24, 2.45) is 5.92 Å². The van der Waals surface area contributed by atoms with Crippen LogP contribution in [0.1, 0.15) is 12.8 Å². The minimum atomic E-state index is -0.906. The molecule has 1 atom stereocenters. The van der Waals surface area contributed by atoms with E-state index < -0.39 is 12.0 Å². The minimum absolute atomic E-state index is 0.217. The minimum Gasteiger partial charge on any atom is -0.480 e. The van der Waals surface area contributed by atoms with Crippen LogP contribution >= 0.6 is 23.5 Å². The second kappa shape index (κ2) is 7.28. The summed E-state index contributed by atoms with van der Waals surface area (Å²) in [4.78, 5) is 24.7. The number of thioether (sulfide) groups is 2. The molecule has 2 aliphatic heterocycles. The van der Waals surface area contributed by atoms with Gasteiger partial charge in [0, 0.05) is 24.6 Å². The Kier molecular flexibility index (Phi) is 5.69. The molecule has 5 nitrogen and oxygen atoms in total. The highest BCUT2D eigenvalue weighted by molar-refractivity contribution is 7.99. The predicted octanol–water partition coefficient (Wildman–Crippen LogP) is 1.34. The van der Waals surface area contributed by atoms with Crippen LogP contribution in [0.3, 0.4) is 0 Å². The number of hydrogen-bond acceptors (Lipinski definition) is 4. The molecule has 0 bridgehead atoms. The van der Waals surface area contributed by atoms with Crippen LogP contribution in [0.4, 0.5) is 4.79 Å². The molecule has 0 aromatic carbocycles. The quantitative estimate of drug-likeness (QED) is 0.823. The highest BCUT2D eigenvalue weighted by Crippen LogP contribution is 2.22. The zero-order valence-electron chi connectivity index (χ0n) is 10.8. The van der Waals surface area contributed by atoms with Gasteiger partial charge in [-0.25, -0.2) is 9.59 Å². The largest absolute Gasteiger partial charge is 0.480 e. The number of nitrogens with one attached hydrogen (secondary N) is 1. The van der Waals surface area contributed by atoms with Crippen molar-refractivity contribution in [3.05, 3.63) is 0 Å². The molecule has 7 heteroatoms. The van der Waals surface area contributed by atoms with Crippen molar-refractivity contribution < 1.29 is 14.7 Å². The van der Waals surface area contributed by atoms with Gasteiger partial charge < -0.3 is 15.3 Å². The normalized spacial score (nSPS) is 25.1. The Balaban J connectivity index is 1.81. The summed E-state index contributed by atoms with van der Waals surface area (Å²) in [5, 5.41) is 12.0. The maximum atomic E-state index is 12.1. The van der Waals surface area contributed by atoms with E-state index in [1.807, 2.05) is 11.8 Å². The summed E-state index contributed by atoms with van der Waals surface area (Å²) in [6.07, 6.45) is 2.28. The van der Waals surface area contributed by atoms with E-state index in [9.17, 15) is 9.59 Å². The SMILES string of the molecule is O=C(O)C1CSCCN1C(=O)NCC1CCSCC1. The van der Waals surface area contributed by atoms with Crippen molar-refractivity contribution in [1.29, 1.82) is 0 Å². The van der Waals surface area contributed by atoms with Crippen molar-refractivity contribution in [2.75, 3.05) is 36.1 Å². The van der Waals surface area contributed by atoms with Crippen molar-refractivity contribution in [3.8, 4) is 0 Å². The second-order valence-electron chi connectivity index (χ2n) is 4.86. The fraction of sp³-hybridized carbons (Fsp3) is 0.833. The number of carbonyl (C=O) groups excluding carboxylic acids is 1. The summed E-state index contributed by atoms with van der Waals surface area (Å²) in [5.74, 6) is 3.28. The van der Waals surface area contributed by atoms with E-state index in [1.165, 1.54) is 16.4 Å². The number of aliphatic carboxylic acids is 1. The molecule has 2 saturated heterocycles. The van der Waals surface area contributed by atoms with Gasteiger partial charge in [-0.2, -0.15) is 23.5 Å². The molecule has 2 heterocycles. The van der Waals surface area contributed by atoms with Gasteiger partial charge in [0.05, 0.1) is 0 Å². The molecule has 0 saturated carbocycles. The van der Waals surface area contributed by atoms with E-state index in [0.29, 0.717) is 24.8 Å². The van der Waals surface area contributed by atoms with Crippen molar-refractivity contribution in [1.82, 2.24) is 10.2 Å². The van der Waals surface area contributed by atoms with Gasteiger partial charge in [0.25, 0.3) is 0 Å². The molecule has 2 rings (SSSR count). The molecule has 0 aromatic rings. The molecule has 2 aliphatic rings. The molecule has 0 radical (unpaired) electrons. The summed E-state index contributed by atoms with van der Waals surface area (Å²) >= 11 is 3.56. The maximum Gasteiger partial charge on any atom is 0.327 e. The summed E-state index contributed by atoms with van der Waals surface area (Å²) in [5.41, 5.74) is 0. The third kappa shape index (κ3) is 4.21. The number of rotatable bonds is 3. The van der Waals surface area contributed by atoms with Gasteiger partial charge in [0.15, 0.2) is 0 Å². The maximum absolute atomic E-state index is 12.1. The number of carbonyl (C=O) groups is 2. The Hall–Kier alpha value is -0.560. The van der Waals surface area contributed by atoms with Gasteiger partial charge in [-0.1, -0.05) is 0 Å². The predicted molar refractivity (Wildman–Crippen MR) is 78.9 cm³/mol. The van der Waals surface area contributed by atoms with E-state index in [2.05, 4.69) is 5.32 Å². The smallest absolute Gasteiger partial charge is 0.327 e. The lowest BCUT2D eigenvalue weighted by atomic mass is 10.0. The van der Waals surface area contributed by atoms with Gasteiger partial charge in [0.2, 0.25) is 0 Å². The van der Waals surface area contributed by atoms with Crippen LogP contribution in [0.5, 0.6) is 0 Å². The number of urea groups is 1. The van der Waals surface area contributed by atoms with Crippen molar-refractivity contribution >= 4 is 35.5 Å². The first-order chi connectivity index (χ1) is 9.18. The standard InChI is InChI=1S/C12H20N2O3S2/c15-11(16)10-8-19-6-3-14(10)12(17)13-7-9-1-4-18-5-2-9/h9-10H,1-8H2,(H,13,17)(H,15,16). The van der Waals surface area contributed by atoms with Gasteiger partial charge in [-0.3, -0.25) is 0 Å². The number of amides is 2. The van der Waals surface area contributed by atoms with Gasteiger partial charge >= 0.3 is 12.0 Å². The zero-order valence-corrected chi connectivity index (χ0v) is 12.5. The lowest BCUT2D eigenvalue weighted by Gasteiger charge is -2.33. The first kappa shape index (κ1) is 14.8. The third-order valence-corrected chi connectivity index (χ3v) is 5.63. The van der Waals surface area contributed by atoms with Crippen LogP contribution in [0.25, 0.3) is 0 Å². The molecule has 0 aromatic heterocycles. The lowest BCUT2D eigenvalue weighted by Crippen LogP contribution is -2.54. The van der Waals surface area contributed by atoms with Crippen LogP contribution in [0, 0.1) is 5.92 Å². The summed E-state index contributed by atoms with van der Waals surface area (Å²) in [6.45, 7) is 1.20. The molecule has 2 N–H and O–H groups in total. The lowest BCUT2D eigenvalue weighted by molar-refractivity contribution is -0.141. The van der Waals surface area contributed by atoms with E-state index in [1.54, 1.807) is 11.8 Å². The molecular formula is C12H20N2O3S2. The third-order valence-electron chi connectivity index (χ3n) is 3.56. The Labute approximate surface area is 121 Å². The van der Waals surface area contributed by atoms with Gasteiger partial charge in [-0.15, -0.1) is 0 Å². The van der Waals surface area contributed by atoms with E-state index in [4.69, 9.17) is 5.11 Å². The monoisotopic (exact) mass is 304 g/mol. The van der Waals surface area contributed by atoms with Crippen LogP contribution in [-0.2, 0) is 4.79 Å². The first-order valence-electron chi connectivity index (χ1n) is 6.61. The van der Waals surface area contributed by atoms with Gasteiger partial charge in [0.1, 0.15) is 6.04 Å². The fourth-order valence-electron chi connectivity index (χ4n) is 2.34.